The van der Waals surface area contributed by atoms with Gasteiger partial charge in [-0.15, -0.1) is 0 Å². The molecule has 27 heavy (non-hydrogen) atoms. The summed E-state index contributed by atoms with van der Waals surface area (Å²) >= 11 is 0. The minimum Gasteiger partial charge on any atom is -0.452 e. The van der Waals surface area contributed by atoms with Crippen molar-refractivity contribution in [3.05, 3.63) is 0 Å². The summed E-state index contributed by atoms with van der Waals surface area (Å²) in [4.78, 5) is 12.8. The molecule has 1 heterocycles. The van der Waals surface area contributed by atoms with Gasteiger partial charge in [0.05, 0.1) is 0 Å². The fraction of sp³-hybridized carbons (Fsp3) is 0.947. The molecule has 0 bridgehead atoms. The highest BCUT2D eigenvalue weighted by atomic mass is 28.4. The summed E-state index contributed by atoms with van der Waals surface area (Å²) in [7, 11) is -1.32. The first-order valence-corrected chi connectivity index (χ1v) is 15.4. The average molecular weight is 421 g/mol. The molecule has 1 saturated heterocycles. The topological polar surface area (TPSA) is 63.2 Å². The van der Waals surface area contributed by atoms with Crippen molar-refractivity contribution in [2.24, 2.45) is 0 Å². The molecule has 0 amide bonds. The highest BCUT2D eigenvalue weighted by Gasteiger charge is 2.56. The third-order valence-corrected chi connectivity index (χ3v) is 15.2. The normalized spacial score (nSPS) is 25.2. The van der Waals surface area contributed by atoms with Gasteiger partial charge in [-0.05, 0) is 36.3 Å². The maximum Gasteiger partial charge on any atom is 0.337 e. The monoisotopic (exact) mass is 420 g/mol. The molecule has 1 rings (SSSR count). The summed E-state index contributed by atoms with van der Waals surface area (Å²) < 4.78 is 29.6. The first-order chi connectivity index (χ1) is 12.0. The van der Waals surface area contributed by atoms with Gasteiger partial charge >= 0.3 is 5.97 Å². The van der Waals surface area contributed by atoms with Gasteiger partial charge in [-0.1, -0.05) is 41.5 Å². The van der Waals surface area contributed by atoms with Gasteiger partial charge in [0.2, 0.25) is 0 Å². The van der Waals surface area contributed by atoms with Crippen molar-refractivity contribution in [2.45, 2.75) is 102 Å². The van der Waals surface area contributed by atoms with E-state index in [0.717, 1.165) is 0 Å². The molecule has 0 unspecified atom stereocenters. The van der Waals surface area contributed by atoms with Crippen molar-refractivity contribution in [1.29, 1.82) is 0 Å². The number of carbonyl (C=O) groups is 1. The molecule has 160 valence electrons. The van der Waals surface area contributed by atoms with Crippen LogP contribution in [-0.4, -0.2) is 61.4 Å². The van der Waals surface area contributed by atoms with Gasteiger partial charge < -0.3 is 23.1 Å². The average Bonchev–Trinajstić information content (AvgIpc) is 2.74. The lowest BCUT2D eigenvalue weighted by Gasteiger charge is -2.43. The Morgan fingerprint density at radius 3 is 1.63 bits per heavy atom. The van der Waals surface area contributed by atoms with Gasteiger partial charge in [0, 0.05) is 14.2 Å². The van der Waals surface area contributed by atoms with E-state index in [2.05, 4.69) is 67.7 Å². The molecular weight excluding hydrogens is 380 g/mol. The zero-order valence-electron chi connectivity index (χ0n) is 19.3. The summed E-state index contributed by atoms with van der Waals surface area (Å²) in [6.07, 6.45) is -2.68. The van der Waals surface area contributed by atoms with Crippen LogP contribution in [0.1, 0.15) is 41.5 Å². The van der Waals surface area contributed by atoms with Gasteiger partial charge in [0.15, 0.2) is 35.1 Å². The molecule has 0 N–H and O–H groups in total. The number of esters is 1. The molecule has 1 aliphatic heterocycles. The lowest BCUT2D eigenvalue weighted by molar-refractivity contribution is -0.189. The van der Waals surface area contributed by atoms with Gasteiger partial charge in [0.25, 0.3) is 0 Å². The zero-order chi connectivity index (χ0) is 21.4. The highest BCUT2D eigenvalue weighted by Crippen LogP contribution is 2.43. The van der Waals surface area contributed by atoms with Gasteiger partial charge in [-0.25, -0.2) is 4.79 Å². The van der Waals surface area contributed by atoms with Gasteiger partial charge in [0.1, 0.15) is 6.10 Å². The van der Waals surface area contributed by atoms with Crippen LogP contribution < -0.4 is 0 Å². The zero-order valence-corrected chi connectivity index (χ0v) is 21.3. The summed E-state index contributed by atoms with van der Waals surface area (Å²) in [5, 5.41) is -0.0465. The Balaban J connectivity index is 3.28. The minimum atomic E-state index is -2.21. The number of methoxy groups -OCH3 is 2. The fourth-order valence-corrected chi connectivity index (χ4v) is 4.92. The molecule has 3 atom stereocenters. The van der Waals surface area contributed by atoms with Crippen molar-refractivity contribution < 1.29 is 27.9 Å². The van der Waals surface area contributed by atoms with E-state index in [4.69, 9.17) is 23.1 Å². The van der Waals surface area contributed by atoms with Crippen LogP contribution in [0.3, 0.4) is 0 Å². The van der Waals surface area contributed by atoms with Crippen molar-refractivity contribution in [1.82, 2.24) is 0 Å². The maximum atomic E-state index is 12.8. The van der Waals surface area contributed by atoms with Crippen LogP contribution in [0.15, 0.2) is 0 Å². The molecule has 0 aliphatic carbocycles. The Morgan fingerprint density at radius 2 is 1.26 bits per heavy atom. The van der Waals surface area contributed by atoms with Gasteiger partial charge in [-0.3, -0.25) is 0 Å². The Morgan fingerprint density at radius 1 is 0.852 bits per heavy atom. The first kappa shape index (κ1) is 24.8. The summed E-state index contributed by atoms with van der Waals surface area (Å²) in [5.74, 6) is -0.396. The van der Waals surface area contributed by atoms with Crippen molar-refractivity contribution in [3.63, 3.8) is 0 Å². The van der Waals surface area contributed by atoms with E-state index in [1.54, 1.807) is 0 Å². The Hall–Kier alpha value is -0.256. The van der Waals surface area contributed by atoms with E-state index in [1.807, 2.05) is 0 Å². The fourth-order valence-electron chi connectivity index (χ4n) is 2.40. The number of ether oxygens (including phenoxy) is 3. The molecule has 0 aromatic carbocycles. The Kier molecular flexibility index (Phi) is 7.56. The van der Waals surface area contributed by atoms with Crippen LogP contribution in [0.2, 0.25) is 36.3 Å². The van der Waals surface area contributed by atoms with Crippen LogP contribution in [0.5, 0.6) is 0 Å². The molecule has 0 aromatic rings. The van der Waals surface area contributed by atoms with Crippen molar-refractivity contribution in [2.75, 3.05) is 14.2 Å². The smallest absolute Gasteiger partial charge is 0.337 e. The number of carbonyl (C=O) groups excluding carboxylic acids is 1. The van der Waals surface area contributed by atoms with E-state index in [-0.39, 0.29) is 10.1 Å². The lowest BCUT2D eigenvalue weighted by atomic mass is 10.1. The summed E-state index contributed by atoms with van der Waals surface area (Å²) in [6, 6.07) is 0. The third kappa shape index (κ3) is 5.42. The second kappa shape index (κ2) is 8.24. The lowest BCUT2D eigenvalue weighted by Crippen LogP contribution is -2.55. The van der Waals surface area contributed by atoms with Crippen LogP contribution >= 0.6 is 0 Å². The van der Waals surface area contributed by atoms with E-state index in [9.17, 15) is 4.79 Å². The predicted octanol–water partition coefficient (Wildman–Crippen LogP) is 4.31. The van der Waals surface area contributed by atoms with Crippen LogP contribution in [0.4, 0.5) is 0 Å². The van der Waals surface area contributed by atoms with E-state index in [1.165, 1.54) is 14.2 Å². The van der Waals surface area contributed by atoms with Crippen molar-refractivity contribution in [3.8, 4) is 0 Å². The van der Waals surface area contributed by atoms with Gasteiger partial charge in [-0.2, -0.15) is 0 Å². The standard InChI is InChI=1S/C19H40O6Si2/c1-18(2,3)26(9,10)24-13-14(25-27(11,12)19(4,5)6)16(20)23-15(13)17(21-7)22-8/h13-15,17H,1-12H3/t13-,14-,15-/m1/s1. The maximum absolute atomic E-state index is 12.8. The second-order valence-electron chi connectivity index (χ2n) is 10.4. The molecule has 1 aliphatic rings. The predicted molar refractivity (Wildman–Crippen MR) is 112 cm³/mol. The van der Waals surface area contributed by atoms with E-state index >= 15 is 0 Å². The molecule has 0 spiro atoms. The van der Waals surface area contributed by atoms with Crippen LogP contribution in [-0.2, 0) is 27.9 Å². The number of hydrogen-bond donors (Lipinski definition) is 0. The number of rotatable bonds is 7. The molecule has 6 nitrogen and oxygen atoms in total. The first-order valence-electron chi connectivity index (χ1n) is 9.60. The molecule has 1 fully saturated rings. The summed E-state index contributed by atoms with van der Waals surface area (Å²) in [6.45, 7) is 21.5. The van der Waals surface area contributed by atoms with Crippen LogP contribution in [0.25, 0.3) is 0 Å². The number of hydrogen-bond acceptors (Lipinski definition) is 6. The van der Waals surface area contributed by atoms with Crippen molar-refractivity contribution >= 4 is 22.6 Å². The third-order valence-electron chi connectivity index (χ3n) is 6.30. The molecule has 8 heteroatoms. The number of cyclic esters (lactones) is 1. The quantitative estimate of drug-likeness (QED) is 0.347. The summed E-state index contributed by atoms with van der Waals surface area (Å²) in [5.41, 5.74) is 0. The van der Waals surface area contributed by atoms with E-state index < -0.39 is 47.2 Å². The highest BCUT2D eigenvalue weighted by molar-refractivity contribution is 6.74. The Bertz CT molecular complexity index is 517. The SMILES string of the molecule is COC(OC)[C@@H]1OC(=O)[C@H](O[Si](C)(C)C(C)(C)C)[C@H]1O[Si](C)(C)C(C)(C)C. The minimum absolute atomic E-state index is 0.0135. The molecule has 0 aromatic heterocycles. The Labute approximate surface area is 167 Å². The molecule has 0 radical (unpaired) electrons. The van der Waals surface area contributed by atoms with E-state index in [0.29, 0.717) is 0 Å². The second-order valence-corrected chi connectivity index (χ2v) is 19.9. The largest absolute Gasteiger partial charge is 0.452 e. The van der Waals surface area contributed by atoms with Crippen LogP contribution in [0, 0.1) is 0 Å². The molecule has 0 saturated carbocycles. The molecular formula is C19H40O6Si2.